The Hall–Kier alpha value is -1.78. The molecule has 1 aliphatic carbocycles. The predicted octanol–water partition coefficient (Wildman–Crippen LogP) is 2.89. The highest BCUT2D eigenvalue weighted by atomic mass is 16.4. The molecule has 1 aliphatic rings. The lowest BCUT2D eigenvalue weighted by atomic mass is 10.1. The lowest BCUT2D eigenvalue weighted by Crippen LogP contribution is -2.38. The van der Waals surface area contributed by atoms with Gasteiger partial charge in [0.05, 0.1) is 5.56 Å². The standard InChI is InChI=1S/C16H26N4O/c1-11(2)10-20(13-6-4-5-7-13)16-14(15(17)19-21)12(3)8-9-18-16/h8-9,11,13,21H,4-7,10H2,1-3H3,(H2,17,19). The molecule has 0 spiro atoms. The zero-order valence-electron chi connectivity index (χ0n) is 13.2. The molecule has 2 rings (SSSR count). The maximum Gasteiger partial charge on any atom is 0.174 e. The van der Waals surface area contributed by atoms with Gasteiger partial charge in [0.25, 0.3) is 0 Å². The monoisotopic (exact) mass is 290 g/mol. The highest BCUT2D eigenvalue weighted by Crippen LogP contribution is 2.31. The first-order valence-corrected chi connectivity index (χ1v) is 7.74. The van der Waals surface area contributed by atoms with Gasteiger partial charge in [-0.05, 0) is 37.3 Å². The smallest absolute Gasteiger partial charge is 0.174 e. The average molecular weight is 290 g/mol. The van der Waals surface area contributed by atoms with Crippen molar-refractivity contribution in [1.29, 1.82) is 0 Å². The topological polar surface area (TPSA) is 74.7 Å². The summed E-state index contributed by atoms with van der Waals surface area (Å²) in [6.07, 6.45) is 6.73. The molecule has 0 saturated heterocycles. The Labute approximate surface area is 126 Å². The van der Waals surface area contributed by atoms with Crippen molar-refractivity contribution in [2.24, 2.45) is 16.8 Å². The Morgan fingerprint density at radius 2 is 2.14 bits per heavy atom. The van der Waals surface area contributed by atoms with Crippen molar-refractivity contribution in [3.63, 3.8) is 0 Å². The minimum Gasteiger partial charge on any atom is -0.409 e. The molecule has 21 heavy (non-hydrogen) atoms. The van der Waals surface area contributed by atoms with Gasteiger partial charge in [0.2, 0.25) is 0 Å². The number of aromatic nitrogens is 1. The SMILES string of the molecule is Cc1ccnc(N(CC(C)C)C2CCCC2)c1/C(N)=N/O. The van der Waals surface area contributed by atoms with Crippen molar-refractivity contribution in [2.45, 2.75) is 52.5 Å². The summed E-state index contributed by atoms with van der Waals surface area (Å²) in [5.74, 6) is 1.53. The van der Waals surface area contributed by atoms with Gasteiger partial charge in [-0.1, -0.05) is 31.8 Å². The van der Waals surface area contributed by atoms with Crippen LogP contribution in [0.15, 0.2) is 17.4 Å². The van der Waals surface area contributed by atoms with Gasteiger partial charge in [-0.25, -0.2) is 4.98 Å². The molecular weight excluding hydrogens is 264 g/mol. The van der Waals surface area contributed by atoms with E-state index >= 15 is 0 Å². The lowest BCUT2D eigenvalue weighted by Gasteiger charge is -2.33. The van der Waals surface area contributed by atoms with Crippen LogP contribution in [0.5, 0.6) is 0 Å². The van der Waals surface area contributed by atoms with Crippen LogP contribution >= 0.6 is 0 Å². The number of nitrogens with zero attached hydrogens (tertiary/aromatic N) is 3. The van der Waals surface area contributed by atoms with E-state index in [1.165, 1.54) is 25.7 Å². The van der Waals surface area contributed by atoms with E-state index in [0.717, 1.165) is 23.5 Å². The molecule has 1 saturated carbocycles. The second kappa shape index (κ2) is 6.78. The molecule has 0 aliphatic heterocycles. The van der Waals surface area contributed by atoms with Gasteiger partial charge in [0, 0.05) is 18.8 Å². The summed E-state index contributed by atoms with van der Waals surface area (Å²) < 4.78 is 0. The fourth-order valence-electron chi connectivity index (χ4n) is 3.15. The van der Waals surface area contributed by atoms with Crippen LogP contribution in [0.25, 0.3) is 0 Å². The Kier molecular flexibility index (Phi) is 5.04. The van der Waals surface area contributed by atoms with Gasteiger partial charge in [0.15, 0.2) is 5.84 Å². The predicted molar refractivity (Wildman–Crippen MR) is 85.9 cm³/mol. The summed E-state index contributed by atoms with van der Waals surface area (Å²) in [4.78, 5) is 6.92. The van der Waals surface area contributed by atoms with E-state index < -0.39 is 0 Å². The number of hydrogen-bond acceptors (Lipinski definition) is 4. The van der Waals surface area contributed by atoms with Gasteiger partial charge < -0.3 is 15.8 Å². The number of amidine groups is 1. The minimum absolute atomic E-state index is 0.141. The molecule has 0 aromatic carbocycles. The van der Waals surface area contributed by atoms with Crippen LogP contribution in [0.4, 0.5) is 5.82 Å². The zero-order valence-corrected chi connectivity index (χ0v) is 13.2. The van der Waals surface area contributed by atoms with Crippen molar-refractivity contribution >= 4 is 11.7 Å². The number of pyridine rings is 1. The summed E-state index contributed by atoms with van der Waals surface area (Å²) in [7, 11) is 0. The molecule has 0 unspecified atom stereocenters. The minimum atomic E-state index is 0.141. The Morgan fingerprint density at radius 1 is 1.48 bits per heavy atom. The molecule has 1 aromatic rings. The molecule has 0 bridgehead atoms. The summed E-state index contributed by atoms with van der Waals surface area (Å²) >= 11 is 0. The number of oxime groups is 1. The number of rotatable bonds is 5. The summed E-state index contributed by atoms with van der Waals surface area (Å²) in [6, 6.07) is 2.41. The fourth-order valence-corrected chi connectivity index (χ4v) is 3.15. The first-order valence-electron chi connectivity index (χ1n) is 7.74. The van der Waals surface area contributed by atoms with E-state index in [1.54, 1.807) is 6.20 Å². The van der Waals surface area contributed by atoms with Crippen LogP contribution in [0.2, 0.25) is 0 Å². The van der Waals surface area contributed by atoms with Crippen LogP contribution < -0.4 is 10.6 Å². The normalized spacial score (nSPS) is 16.7. The van der Waals surface area contributed by atoms with E-state index in [0.29, 0.717) is 12.0 Å². The third-order valence-corrected chi connectivity index (χ3v) is 4.10. The fraction of sp³-hybridized carbons (Fsp3) is 0.625. The second-order valence-corrected chi connectivity index (χ2v) is 6.30. The van der Waals surface area contributed by atoms with Crippen molar-refractivity contribution in [3.05, 3.63) is 23.4 Å². The maximum absolute atomic E-state index is 9.08. The molecule has 1 fully saturated rings. The molecule has 3 N–H and O–H groups in total. The van der Waals surface area contributed by atoms with Gasteiger partial charge in [-0.3, -0.25) is 0 Å². The number of anilines is 1. The number of nitrogens with two attached hydrogens (primary N) is 1. The second-order valence-electron chi connectivity index (χ2n) is 6.30. The number of hydrogen-bond donors (Lipinski definition) is 2. The molecule has 5 nitrogen and oxygen atoms in total. The Balaban J connectivity index is 2.46. The van der Waals surface area contributed by atoms with E-state index in [2.05, 4.69) is 28.9 Å². The van der Waals surface area contributed by atoms with E-state index in [9.17, 15) is 0 Å². The lowest BCUT2D eigenvalue weighted by molar-refractivity contribution is 0.318. The molecule has 0 atom stereocenters. The Bertz CT molecular complexity index is 507. The zero-order chi connectivity index (χ0) is 15.4. The Morgan fingerprint density at radius 3 is 2.71 bits per heavy atom. The van der Waals surface area contributed by atoms with Gasteiger partial charge in [-0.15, -0.1) is 0 Å². The van der Waals surface area contributed by atoms with E-state index in [1.807, 2.05) is 13.0 Å². The molecule has 1 heterocycles. The summed E-state index contributed by atoms with van der Waals surface area (Å²) in [5, 5.41) is 12.3. The average Bonchev–Trinajstić information content (AvgIpc) is 2.97. The van der Waals surface area contributed by atoms with Crippen LogP contribution in [-0.2, 0) is 0 Å². The molecule has 0 amide bonds. The first-order chi connectivity index (χ1) is 10.0. The highest BCUT2D eigenvalue weighted by Gasteiger charge is 2.27. The van der Waals surface area contributed by atoms with Gasteiger partial charge in [-0.2, -0.15) is 0 Å². The van der Waals surface area contributed by atoms with E-state index in [4.69, 9.17) is 10.9 Å². The largest absolute Gasteiger partial charge is 0.409 e. The van der Waals surface area contributed by atoms with Gasteiger partial charge in [0.1, 0.15) is 5.82 Å². The van der Waals surface area contributed by atoms with Crippen LogP contribution in [0.3, 0.4) is 0 Å². The molecule has 1 aromatic heterocycles. The maximum atomic E-state index is 9.08. The summed E-state index contributed by atoms with van der Waals surface area (Å²) in [5.41, 5.74) is 7.64. The third-order valence-electron chi connectivity index (χ3n) is 4.10. The molecule has 0 radical (unpaired) electrons. The van der Waals surface area contributed by atoms with Crippen molar-refractivity contribution in [3.8, 4) is 0 Å². The van der Waals surface area contributed by atoms with E-state index in [-0.39, 0.29) is 5.84 Å². The van der Waals surface area contributed by atoms with Crippen LogP contribution in [0, 0.1) is 12.8 Å². The van der Waals surface area contributed by atoms with Gasteiger partial charge >= 0.3 is 0 Å². The third kappa shape index (κ3) is 3.46. The quantitative estimate of drug-likeness (QED) is 0.378. The summed E-state index contributed by atoms with van der Waals surface area (Å²) in [6.45, 7) is 7.33. The van der Waals surface area contributed by atoms with Crippen LogP contribution in [0.1, 0.15) is 50.7 Å². The molecule has 116 valence electrons. The first kappa shape index (κ1) is 15.6. The highest BCUT2D eigenvalue weighted by molar-refractivity contribution is 6.02. The van der Waals surface area contributed by atoms with Crippen molar-refractivity contribution in [2.75, 3.05) is 11.4 Å². The molecule has 5 heteroatoms. The molecular formula is C16H26N4O. The van der Waals surface area contributed by atoms with Crippen molar-refractivity contribution < 1.29 is 5.21 Å². The van der Waals surface area contributed by atoms with Crippen molar-refractivity contribution in [1.82, 2.24) is 4.98 Å². The van der Waals surface area contributed by atoms with Crippen LogP contribution in [-0.4, -0.2) is 28.6 Å². The number of aryl methyl sites for hydroxylation is 1.